The van der Waals surface area contributed by atoms with Crippen molar-refractivity contribution in [2.24, 2.45) is 0 Å². The Bertz CT molecular complexity index is 1370. The zero-order valence-electron chi connectivity index (χ0n) is 20.1. The molecule has 4 aromatic rings. The Morgan fingerprint density at radius 2 is 1.74 bits per heavy atom. The Morgan fingerprint density at radius 1 is 0.971 bits per heavy atom. The van der Waals surface area contributed by atoms with Crippen LogP contribution in [0.2, 0.25) is 0 Å². The Labute approximate surface area is 204 Å². The van der Waals surface area contributed by atoms with E-state index in [1.54, 1.807) is 7.11 Å². The minimum absolute atomic E-state index is 0.0694. The van der Waals surface area contributed by atoms with Crippen LogP contribution in [-0.4, -0.2) is 49.9 Å². The van der Waals surface area contributed by atoms with Gasteiger partial charge in [0.05, 0.1) is 36.3 Å². The van der Waals surface area contributed by atoms with Gasteiger partial charge in [-0.1, -0.05) is 18.2 Å². The van der Waals surface area contributed by atoms with Gasteiger partial charge in [-0.05, 0) is 56.2 Å². The Balaban J connectivity index is 1.20. The molecule has 2 aromatic heterocycles. The number of amides is 1. The van der Waals surface area contributed by atoms with Crippen molar-refractivity contribution in [2.45, 2.75) is 45.7 Å². The molecule has 8 nitrogen and oxygen atoms in total. The smallest absolute Gasteiger partial charge is 0.247 e. The molecule has 0 bridgehead atoms. The van der Waals surface area contributed by atoms with Crippen molar-refractivity contribution in [3.05, 3.63) is 66.0 Å². The molecule has 8 heteroatoms. The molecule has 0 saturated carbocycles. The Hall–Kier alpha value is -3.94. The lowest BCUT2D eigenvalue weighted by Gasteiger charge is -2.20. The van der Waals surface area contributed by atoms with E-state index in [2.05, 4.69) is 11.2 Å². The van der Waals surface area contributed by atoms with Crippen LogP contribution in [0.3, 0.4) is 0 Å². The second-order valence-electron chi connectivity index (χ2n) is 8.90. The van der Waals surface area contributed by atoms with E-state index in [9.17, 15) is 9.59 Å². The monoisotopic (exact) mass is 471 g/mol. The predicted octanol–water partition coefficient (Wildman–Crippen LogP) is 4.46. The number of ether oxygens (including phenoxy) is 1. The van der Waals surface area contributed by atoms with Gasteiger partial charge in [-0.2, -0.15) is 14.9 Å². The first-order chi connectivity index (χ1) is 17.0. The summed E-state index contributed by atoms with van der Waals surface area (Å²) in [6.07, 6.45) is 1.96. The normalized spacial score (nSPS) is 13.5. The molecule has 2 aromatic carbocycles. The highest BCUT2D eigenvalue weighted by molar-refractivity contribution is 5.92. The van der Waals surface area contributed by atoms with Gasteiger partial charge in [0, 0.05) is 36.9 Å². The van der Waals surface area contributed by atoms with E-state index in [0.717, 1.165) is 52.3 Å². The summed E-state index contributed by atoms with van der Waals surface area (Å²) >= 11 is 0. The number of aryl methyl sites for hydroxylation is 2. The third kappa shape index (κ3) is 4.69. The van der Waals surface area contributed by atoms with Crippen LogP contribution in [0.25, 0.3) is 22.2 Å². The van der Waals surface area contributed by atoms with Crippen LogP contribution in [0.1, 0.15) is 41.9 Å². The minimum atomic E-state index is -0.0832. The number of fused-ring (bicyclic) bond motifs is 2. The number of rotatable bonds is 6. The average molecular weight is 472 g/mol. The van der Waals surface area contributed by atoms with Gasteiger partial charge in [0.25, 0.3) is 0 Å². The summed E-state index contributed by atoms with van der Waals surface area (Å²) in [5.74, 6) is 0.792. The highest BCUT2D eigenvalue weighted by Gasteiger charge is 2.21. The van der Waals surface area contributed by atoms with Crippen molar-refractivity contribution in [3.8, 4) is 17.0 Å². The minimum Gasteiger partial charge on any atom is -0.497 e. The Kier molecular flexibility index (Phi) is 6.35. The molecule has 5 rings (SSSR count). The molecular weight excluding hydrogens is 442 g/mol. The summed E-state index contributed by atoms with van der Waals surface area (Å²) in [5.41, 5.74) is 4.58. The van der Waals surface area contributed by atoms with Crippen LogP contribution >= 0.6 is 0 Å². The second-order valence-corrected chi connectivity index (χ2v) is 8.90. The first-order valence-electron chi connectivity index (χ1n) is 12.0. The SMILES string of the molecule is COc1ccc(-c2cc3n(n2)CCCN(C(=O)CCCC(=O)n2nc(C)c4ccccc42)C3)cc1. The van der Waals surface area contributed by atoms with E-state index in [-0.39, 0.29) is 18.2 Å². The third-order valence-corrected chi connectivity index (χ3v) is 6.54. The van der Waals surface area contributed by atoms with Gasteiger partial charge in [-0.15, -0.1) is 0 Å². The van der Waals surface area contributed by atoms with Crippen LogP contribution in [-0.2, 0) is 17.9 Å². The lowest BCUT2D eigenvalue weighted by Crippen LogP contribution is -2.30. The van der Waals surface area contributed by atoms with E-state index in [1.165, 1.54) is 4.68 Å². The zero-order valence-corrected chi connectivity index (χ0v) is 20.1. The summed E-state index contributed by atoms with van der Waals surface area (Å²) in [6.45, 7) is 3.90. The van der Waals surface area contributed by atoms with Crippen molar-refractivity contribution in [2.75, 3.05) is 13.7 Å². The van der Waals surface area contributed by atoms with Gasteiger partial charge < -0.3 is 9.64 Å². The molecule has 0 radical (unpaired) electrons. The van der Waals surface area contributed by atoms with E-state index in [4.69, 9.17) is 9.84 Å². The number of aromatic nitrogens is 4. The summed E-state index contributed by atoms with van der Waals surface area (Å²) in [7, 11) is 1.65. The fourth-order valence-corrected chi connectivity index (χ4v) is 4.64. The van der Waals surface area contributed by atoms with Crippen molar-refractivity contribution in [3.63, 3.8) is 0 Å². The molecule has 3 heterocycles. The van der Waals surface area contributed by atoms with Crippen LogP contribution in [0.15, 0.2) is 54.6 Å². The number of nitrogens with zero attached hydrogens (tertiary/aromatic N) is 5. The molecule has 1 amide bonds. The first-order valence-corrected chi connectivity index (χ1v) is 12.0. The quantitative estimate of drug-likeness (QED) is 0.415. The molecule has 0 N–H and O–H groups in total. The number of hydrogen-bond acceptors (Lipinski definition) is 5. The third-order valence-electron chi connectivity index (χ3n) is 6.54. The van der Waals surface area contributed by atoms with E-state index >= 15 is 0 Å². The van der Waals surface area contributed by atoms with Crippen molar-refractivity contribution in [1.29, 1.82) is 0 Å². The van der Waals surface area contributed by atoms with E-state index in [1.807, 2.05) is 65.0 Å². The largest absolute Gasteiger partial charge is 0.497 e. The van der Waals surface area contributed by atoms with Crippen molar-refractivity contribution < 1.29 is 14.3 Å². The van der Waals surface area contributed by atoms with Gasteiger partial charge in [0.15, 0.2) is 0 Å². The summed E-state index contributed by atoms with van der Waals surface area (Å²) in [4.78, 5) is 27.7. The molecule has 0 aliphatic carbocycles. The number of hydrogen-bond donors (Lipinski definition) is 0. The fourth-order valence-electron chi connectivity index (χ4n) is 4.64. The Morgan fingerprint density at radius 3 is 2.54 bits per heavy atom. The maximum Gasteiger partial charge on any atom is 0.247 e. The number of para-hydroxylation sites is 1. The van der Waals surface area contributed by atoms with E-state index < -0.39 is 0 Å². The molecule has 0 fully saturated rings. The second kappa shape index (κ2) is 9.74. The number of methoxy groups -OCH3 is 1. The molecule has 0 atom stereocenters. The van der Waals surface area contributed by atoms with Crippen molar-refractivity contribution in [1.82, 2.24) is 24.5 Å². The van der Waals surface area contributed by atoms with Gasteiger partial charge in [-0.25, -0.2) is 0 Å². The highest BCUT2D eigenvalue weighted by Crippen LogP contribution is 2.25. The molecule has 35 heavy (non-hydrogen) atoms. The van der Waals surface area contributed by atoms with Gasteiger partial charge in [0.2, 0.25) is 11.8 Å². The lowest BCUT2D eigenvalue weighted by atomic mass is 10.1. The summed E-state index contributed by atoms with van der Waals surface area (Å²) in [6, 6.07) is 17.6. The predicted molar refractivity (Wildman–Crippen MR) is 133 cm³/mol. The van der Waals surface area contributed by atoms with Crippen molar-refractivity contribution >= 4 is 22.7 Å². The van der Waals surface area contributed by atoms with Crippen LogP contribution in [0.4, 0.5) is 0 Å². The molecule has 1 aliphatic rings. The van der Waals surface area contributed by atoms with Crippen LogP contribution in [0, 0.1) is 6.92 Å². The number of carbonyl (C=O) groups excluding carboxylic acids is 2. The lowest BCUT2D eigenvalue weighted by molar-refractivity contribution is -0.131. The molecule has 180 valence electrons. The summed E-state index contributed by atoms with van der Waals surface area (Å²) < 4.78 is 8.71. The molecule has 0 saturated heterocycles. The molecule has 0 spiro atoms. The number of carbonyl (C=O) groups is 2. The first kappa shape index (κ1) is 22.8. The summed E-state index contributed by atoms with van der Waals surface area (Å²) in [5, 5.41) is 10.1. The van der Waals surface area contributed by atoms with Gasteiger partial charge in [0.1, 0.15) is 5.75 Å². The molecular formula is C27H29N5O3. The van der Waals surface area contributed by atoms with E-state index in [0.29, 0.717) is 25.9 Å². The average Bonchev–Trinajstić information content (AvgIpc) is 3.37. The van der Waals surface area contributed by atoms with Crippen LogP contribution in [0.5, 0.6) is 5.75 Å². The number of benzene rings is 2. The standard InChI is InChI=1S/C27H29N5O3/c1-19-23-7-3-4-8-25(23)32(28-19)27(34)10-5-9-26(33)30-15-6-16-31-21(18-30)17-24(29-31)20-11-13-22(35-2)14-12-20/h3-4,7-8,11-14,17H,5-6,9-10,15-16,18H2,1-2H3. The van der Waals surface area contributed by atoms with Gasteiger partial charge in [-0.3, -0.25) is 14.3 Å². The zero-order chi connectivity index (χ0) is 24.4. The maximum absolute atomic E-state index is 13.0. The van der Waals surface area contributed by atoms with Crippen LogP contribution < -0.4 is 4.74 Å². The molecule has 1 aliphatic heterocycles. The molecule has 0 unspecified atom stereocenters. The topological polar surface area (TPSA) is 82.3 Å². The van der Waals surface area contributed by atoms with Gasteiger partial charge >= 0.3 is 0 Å². The highest BCUT2D eigenvalue weighted by atomic mass is 16.5. The fraction of sp³-hybridized carbons (Fsp3) is 0.333. The maximum atomic E-state index is 13.0.